The number of fused-ring (bicyclic) bond motifs is 1. The Morgan fingerprint density at radius 2 is 2.31 bits per heavy atom. The first-order chi connectivity index (χ1) is 7.49. The third-order valence-corrected chi connectivity index (χ3v) is 4.45. The van der Waals surface area contributed by atoms with E-state index < -0.39 is 15.4 Å². The normalized spacial score (nSPS) is 21.1. The van der Waals surface area contributed by atoms with Crippen LogP contribution in [0.4, 0.5) is 0 Å². The molecule has 0 spiro atoms. The number of hydrogen-bond acceptors (Lipinski definition) is 4. The van der Waals surface area contributed by atoms with Crippen LogP contribution in [0.3, 0.4) is 0 Å². The molecule has 0 aliphatic carbocycles. The van der Waals surface area contributed by atoms with E-state index in [4.69, 9.17) is 4.18 Å². The van der Waals surface area contributed by atoms with Gasteiger partial charge in [-0.25, -0.2) is 0 Å². The maximum Gasteiger partial charge on any atom is 0.269 e. The van der Waals surface area contributed by atoms with Gasteiger partial charge in [-0.2, -0.15) is 13.5 Å². The summed E-state index contributed by atoms with van der Waals surface area (Å²) in [6, 6.07) is 1.90. The third-order valence-electron chi connectivity index (χ3n) is 2.75. The average Bonchev–Trinajstić information content (AvgIpc) is 2.63. The first-order valence-electron chi connectivity index (χ1n) is 5.42. The van der Waals surface area contributed by atoms with Crippen LogP contribution in [0.1, 0.15) is 26.0 Å². The van der Waals surface area contributed by atoms with Crippen molar-refractivity contribution in [1.82, 2.24) is 9.78 Å². The van der Waals surface area contributed by atoms with Crippen LogP contribution in [0.15, 0.2) is 12.3 Å². The molecule has 0 amide bonds. The fraction of sp³-hybridized carbons (Fsp3) is 0.700. The molecule has 1 aliphatic heterocycles. The molecular weight excluding hydrogens is 228 g/mol. The molecule has 2 heterocycles. The fourth-order valence-corrected chi connectivity index (χ4v) is 2.49. The van der Waals surface area contributed by atoms with Crippen molar-refractivity contribution in [3.63, 3.8) is 0 Å². The molecule has 1 atom stereocenters. The largest absolute Gasteiger partial charge is 0.269 e. The van der Waals surface area contributed by atoms with Crippen LogP contribution >= 0.6 is 0 Å². The van der Waals surface area contributed by atoms with Crippen LogP contribution in [0, 0.1) is 0 Å². The van der Waals surface area contributed by atoms with Gasteiger partial charge in [0.05, 0.1) is 11.4 Å². The van der Waals surface area contributed by atoms with Crippen LogP contribution < -0.4 is 0 Å². The lowest BCUT2D eigenvalue weighted by atomic mass is 10.1. The van der Waals surface area contributed by atoms with Gasteiger partial charge in [0.25, 0.3) is 10.1 Å². The van der Waals surface area contributed by atoms with E-state index in [1.54, 1.807) is 20.0 Å². The van der Waals surface area contributed by atoms with Crippen molar-refractivity contribution in [2.75, 3.05) is 0 Å². The van der Waals surface area contributed by atoms with Gasteiger partial charge in [-0.3, -0.25) is 8.86 Å². The van der Waals surface area contributed by atoms with Gasteiger partial charge in [0.2, 0.25) is 0 Å². The summed E-state index contributed by atoms with van der Waals surface area (Å²) >= 11 is 0. The quantitative estimate of drug-likeness (QED) is 0.743. The van der Waals surface area contributed by atoms with Gasteiger partial charge in [-0.15, -0.1) is 0 Å². The summed E-state index contributed by atoms with van der Waals surface area (Å²) in [4.78, 5) is 0. The molecule has 5 nitrogen and oxygen atoms in total. The van der Waals surface area contributed by atoms with E-state index in [0.29, 0.717) is 12.8 Å². The minimum Gasteiger partial charge on any atom is -0.269 e. The Balaban J connectivity index is 2.05. The molecule has 0 aromatic carbocycles. The Morgan fingerprint density at radius 3 is 3.00 bits per heavy atom. The zero-order valence-electron chi connectivity index (χ0n) is 9.46. The molecule has 1 aromatic rings. The second-order valence-electron chi connectivity index (χ2n) is 4.30. The van der Waals surface area contributed by atoms with Crippen LogP contribution in [-0.4, -0.2) is 29.6 Å². The highest BCUT2D eigenvalue weighted by Crippen LogP contribution is 2.19. The summed E-state index contributed by atoms with van der Waals surface area (Å²) in [5, 5.41) is 3.65. The molecule has 6 heteroatoms. The molecule has 0 N–H and O–H groups in total. The van der Waals surface area contributed by atoms with Crippen molar-refractivity contribution >= 4 is 10.1 Å². The lowest BCUT2D eigenvalue weighted by Gasteiger charge is -2.23. The van der Waals surface area contributed by atoms with Crippen molar-refractivity contribution in [3.05, 3.63) is 18.0 Å². The number of hydrogen-bond donors (Lipinski definition) is 0. The molecular formula is C10H16N2O3S. The molecule has 90 valence electrons. The van der Waals surface area contributed by atoms with Crippen LogP contribution in [0.5, 0.6) is 0 Å². The summed E-state index contributed by atoms with van der Waals surface area (Å²) < 4.78 is 30.3. The van der Waals surface area contributed by atoms with E-state index >= 15 is 0 Å². The second kappa shape index (κ2) is 4.18. The molecule has 1 aromatic heterocycles. The Morgan fingerprint density at radius 1 is 1.56 bits per heavy atom. The third kappa shape index (κ3) is 2.27. The molecule has 16 heavy (non-hydrogen) atoms. The molecule has 0 fully saturated rings. The smallest absolute Gasteiger partial charge is 0.269 e. The molecule has 1 unspecified atom stereocenters. The van der Waals surface area contributed by atoms with Gasteiger partial charge in [-0.1, -0.05) is 0 Å². The summed E-state index contributed by atoms with van der Waals surface area (Å²) in [6.45, 7) is 3.98. The SMILES string of the molecule is CC(C)S(=O)(=O)OC1CCn2nccc2C1. The number of aryl methyl sites for hydroxylation is 1. The number of nitrogens with zero attached hydrogens (tertiary/aromatic N) is 2. The van der Waals surface area contributed by atoms with E-state index in [9.17, 15) is 8.42 Å². The molecule has 0 saturated carbocycles. The molecule has 1 aliphatic rings. The van der Waals surface area contributed by atoms with Gasteiger partial charge >= 0.3 is 0 Å². The maximum atomic E-state index is 11.6. The molecule has 0 saturated heterocycles. The first kappa shape index (κ1) is 11.6. The number of rotatable bonds is 3. The van der Waals surface area contributed by atoms with Gasteiger partial charge in [0.1, 0.15) is 0 Å². The fourth-order valence-electron chi connectivity index (χ4n) is 1.72. The summed E-state index contributed by atoms with van der Waals surface area (Å²) in [5.41, 5.74) is 1.04. The second-order valence-corrected chi connectivity index (χ2v) is 6.42. The van der Waals surface area contributed by atoms with Gasteiger partial charge in [-0.05, 0) is 26.3 Å². The summed E-state index contributed by atoms with van der Waals surface area (Å²) in [5.74, 6) is 0. The highest BCUT2D eigenvalue weighted by Gasteiger charge is 2.26. The minimum absolute atomic E-state index is 0.239. The Kier molecular flexibility index (Phi) is 3.03. The first-order valence-corrected chi connectivity index (χ1v) is 6.89. The van der Waals surface area contributed by atoms with Crippen LogP contribution in [0.2, 0.25) is 0 Å². The van der Waals surface area contributed by atoms with E-state index in [1.165, 1.54) is 0 Å². The number of aromatic nitrogens is 2. The summed E-state index contributed by atoms with van der Waals surface area (Å²) in [6.07, 6.45) is 2.80. The standard InChI is InChI=1S/C10H16N2O3S/c1-8(2)16(13,14)15-10-4-6-12-9(7-10)3-5-11-12/h3,5,8,10H,4,6-7H2,1-2H3. The lowest BCUT2D eigenvalue weighted by Crippen LogP contribution is -2.31. The van der Waals surface area contributed by atoms with Gasteiger partial charge < -0.3 is 0 Å². The Labute approximate surface area is 95.5 Å². The zero-order valence-corrected chi connectivity index (χ0v) is 10.3. The Hall–Kier alpha value is -0.880. The average molecular weight is 244 g/mol. The molecule has 2 rings (SSSR count). The van der Waals surface area contributed by atoms with Crippen molar-refractivity contribution in [2.24, 2.45) is 0 Å². The van der Waals surface area contributed by atoms with Crippen molar-refractivity contribution in [3.8, 4) is 0 Å². The van der Waals surface area contributed by atoms with Crippen molar-refractivity contribution in [2.45, 2.75) is 44.6 Å². The highest BCUT2D eigenvalue weighted by atomic mass is 32.2. The highest BCUT2D eigenvalue weighted by molar-refractivity contribution is 7.87. The van der Waals surface area contributed by atoms with Crippen LogP contribution in [0.25, 0.3) is 0 Å². The zero-order chi connectivity index (χ0) is 11.8. The maximum absolute atomic E-state index is 11.6. The van der Waals surface area contributed by atoms with E-state index in [0.717, 1.165) is 12.2 Å². The monoisotopic (exact) mass is 244 g/mol. The topological polar surface area (TPSA) is 61.2 Å². The van der Waals surface area contributed by atoms with Crippen LogP contribution in [-0.2, 0) is 27.3 Å². The predicted molar refractivity (Wildman–Crippen MR) is 59.5 cm³/mol. The van der Waals surface area contributed by atoms with E-state index in [2.05, 4.69) is 5.10 Å². The van der Waals surface area contributed by atoms with Crippen molar-refractivity contribution in [1.29, 1.82) is 0 Å². The summed E-state index contributed by atoms with van der Waals surface area (Å²) in [7, 11) is -3.41. The van der Waals surface area contributed by atoms with Gasteiger partial charge in [0.15, 0.2) is 0 Å². The van der Waals surface area contributed by atoms with Gasteiger partial charge in [0, 0.05) is 24.9 Å². The lowest BCUT2D eigenvalue weighted by molar-refractivity contribution is 0.170. The molecule has 0 bridgehead atoms. The van der Waals surface area contributed by atoms with Crippen molar-refractivity contribution < 1.29 is 12.6 Å². The Bertz CT molecular complexity index is 464. The predicted octanol–water partition coefficient (Wildman–Crippen LogP) is 0.953. The van der Waals surface area contributed by atoms with E-state index in [-0.39, 0.29) is 6.10 Å². The minimum atomic E-state index is -3.41. The molecule has 0 radical (unpaired) electrons. The van der Waals surface area contributed by atoms with E-state index in [1.807, 2.05) is 10.7 Å².